The van der Waals surface area contributed by atoms with Crippen LogP contribution in [-0.4, -0.2) is 4.98 Å². The molecule has 5 heteroatoms. The summed E-state index contributed by atoms with van der Waals surface area (Å²) in [6.45, 7) is 2.01. The first-order chi connectivity index (χ1) is 3.80. The fourth-order valence-corrected chi connectivity index (χ4v) is 0.677. The van der Waals surface area contributed by atoms with Crippen molar-refractivity contribution in [3.63, 3.8) is 0 Å². The molecule has 0 saturated heterocycles. The predicted octanol–water partition coefficient (Wildman–Crippen LogP) is -3.84. The van der Waals surface area contributed by atoms with Crippen molar-refractivity contribution in [1.82, 2.24) is 4.98 Å². The molecule has 0 N–H and O–H groups in total. The van der Waals surface area contributed by atoms with Crippen molar-refractivity contribution in [1.29, 1.82) is 0 Å². The zero-order chi connectivity index (χ0) is 5.98. The van der Waals surface area contributed by atoms with Crippen LogP contribution in [0, 0.1) is 6.92 Å². The molecule has 0 saturated carbocycles. The van der Waals surface area contributed by atoms with Gasteiger partial charge in [0.15, 0.2) is 0 Å². The summed E-state index contributed by atoms with van der Waals surface area (Å²) < 4.78 is 1.12. The third-order valence-corrected chi connectivity index (χ3v) is 1.84. The van der Waals surface area contributed by atoms with Crippen LogP contribution in [0.1, 0.15) is 5.56 Å². The summed E-state index contributed by atoms with van der Waals surface area (Å²) in [4.78, 5) is 3.92. The molecule has 1 rings (SSSR count). The molecule has 1 aromatic rings. The van der Waals surface area contributed by atoms with Crippen molar-refractivity contribution in [2.75, 3.05) is 0 Å². The van der Waals surface area contributed by atoms with Crippen LogP contribution in [0.5, 0.6) is 0 Å². The molecular weight excluding hydrogens is 437 g/mol. The van der Waals surface area contributed by atoms with Crippen molar-refractivity contribution >= 4 is 15.9 Å². The van der Waals surface area contributed by atoms with E-state index in [1.165, 1.54) is 5.56 Å². The number of aryl methyl sites for hydroxylation is 1. The van der Waals surface area contributed by atoms with Crippen LogP contribution in [0.3, 0.4) is 0 Å². The Balaban J connectivity index is -0.000000213. The van der Waals surface area contributed by atoms with Crippen LogP contribution >= 0.6 is 15.9 Å². The average Bonchev–Trinajstić information content (AvgIpc) is 1.77. The minimum atomic E-state index is 0. The number of halogens is 3. The third kappa shape index (κ3) is 6.32. The summed E-state index contributed by atoms with van der Waals surface area (Å²) >= 11 is 3.36. The number of aromatic nitrogens is 1. The maximum Gasteiger partial charge on any atom is 2.00 e. The van der Waals surface area contributed by atoms with Crippen molar-refractivity contribution in [3.8, 4) is 0 Å². The molecule has 0 atom stereocenters. The molecular formula is C6H6BrCl2HgN. The van der Waals surface area contributed by atoms with Crippen LogP contribution in [0.2, 0.25) is 0 Å². The molecule has 1 heterocycles. The van der Waals surface area contributed by atoms with E-state index in [4.69, 9.17) is 0 Å². The zero-order valence-corrected chi connectivity index (χ0v) is 14.6. The van der Waals surface area contributed by atoms with Crippen molar-refractivity contribution in [2.24, 2.45) is 0 Å². The van der Waals surface area contributed by atoms with E-state index in [2.05, 4.69) is 20.9 Å². The first-order valence-corrected chi connectivity index (χ1v) is 3.16. The summed E-state index contributed by atoms with van der Waals surface area (Å²) in [7, 11) is 0. The van der Waals surface area contributed by atoms with Crippen molar-refractivity contribution in [3.05, 3.63) is 28.5 Å². The van der Waals surface area contributed by atoms with E-state index in [0.717, 1.165) is 4.47 Å². The van der Waals surface area contributed by atoms with Crippen LogP contribution in [-0.2, 0) is 27.7 Å². The molecule has 0 amide bonds. The second kappa shape index (κ2) is 9.23. The summed E-state index contributed by atoms with van der Waals surface area (Å²) in [6.07, 6.45) is 3.58. The van der Waals surface area contributed by atoms with Gasteiger partial charge in [-0.2, -0.15) is 0 Å². The maximum atomic E-state index is 3.92. The van der Waals surface area contributed by atoms with E-state index in [1.54, 1.807) is 6.20 Å². The predicted molar refractivity (Wildman–Crippen MR) is 36.7 cm³/mol. The summed E-state index contributed by atoms with van der Waals surface area (Å²) in [5.74, 6) is 0. The molecule has 0 aromatic carbocycles. The van der Waals surface area contributed by atoms with Crippen molar-refractivity contribution in [2.45, 2.75) is 6.92 Å². The quantitative estimate of drug-likeness (QED) is 0.375. The SMILES string of the molecule is Cc1cnccc1Br.[Cl-].[Cl-].[Hg+2]. The summed E-state index contributed by atoms with van der Waals surface area (Å²) in [5, 5.41) is 0. The number of pyridine rings is 1. The third-order valence-electron chi connectivity index (χ3n) is 0.952. The molecule has 0 radical (unpaired) electrons. The number of nitrogens with zero attached hydrogens (tertiary/aromatic N) is 1. The molecule has 0 aliphatic carbocycles. The molecule has 58 valence electrons. The molecule has 0 fully saturated rings. The van der Waals surface area contributed by atoms with E-state index in [1.807, 2.05) is 19.2 Å². The Morgan fingerprint density at radius 1 is 1.36 bits per heavy atom. The normalized spacial score (nSPS) is 6.73. The van der Waals surface area contributed by atoms with Gasteiger partial charge in [-0.15, -0.1) is 0 Å². The summed E-state index contributed by atoms with van der Waals surface area (Å²) in [6, 6.07) is 1.93. The standard InChI is InChI=1S/C6H6BrN.2ClH.Hg/c1-5-4-8-3-2-6(5)7;;;/h2-4H,1H3;2*1H;/q;;;+2/p-2. The molecule has 0 bridgehead atoms. The van der Waals surface area contributed by atoms with E-state index in [-0.39, 0.29) is 52.5 Å². The molecule has 11 heavy (non-hydrogen) atoms. The topological polar surface area (TPSA) is 12.9 Å². The average molecular weight is 444 g/mol. The smallest absolute Gasteiger partial charge is 1.00 e. The summed E-state index contributed by atoms with van der Waals surface area (Å²) in [5.41, 5.74) is 1.17. The van der Waals surface area contributed by atoms with Gasteiger partial charge in [0, 0.05) is 16.9 Å². The second-order valence-corrected chi connectivity index (χ2v) is 2.48. The molecule has 0 aliphatic heterocycles. The van der Waals surface area contributed by atoms with E-state index < -0.39 is 0 Å². The van der Waals surface area contributed by atoms with Crippen LogP contribution in [0.25, 0.3) is 0 Å². The van der Waals surface area contributed by atoms with Crippen molar-refractivity contribution < 1.29 is 52.5 Å². The molecule has 0 aliphatic rings. The van der Waals surface area contributed by atoms with Gasteiger partial charge in [-0.25, -0.2) is 0 Å². The second-order valence-electron chi connectivity index (χ2n) is 1.62. The number of rotatable bonds is 0. The van der Waals surface area contributed by atoms with Crippen LogP contribution in [0.15, 0.2) is 22.9 Å². The van der Waals surface area contributed by atoms with E-state index in [9.17, 15) is 0 Å². The van der Waals surface area contributed by atoms with Crippen LogP contribution < -0.4 is 24.8 Å². The molecule has 1 nitrogen and oxygen atoms in total. The Labute approximate surface area is 108 Å². The largest absolute Gasteiger partial charge is 2.00 e. The fraction of sp³-hybridized carbons (Fsp3) is 0.167. The monoisotopic (exact) mass is 443 g/mol. The Bertz CT molecular complexity index is 177. The number of hydrogen-bond acceptors (Lipinski definition) is 1. The van der Waals surface area contributed by atoms with Gasteiger partial charge in [-0.05, 0) is 18.6 Å². The first kappa shape index (κ1) is 18.0. The minimum Gasteiger partial charge on any atom is -1.00 e. The van der Waals surface area contributed by atoms with Gasteiger partial charge in [0.2, 0.25) is 0 Å². The Hall–Kier alpha value is 1.15. The fourth-order valence-electron chi connectivity index (χ4n) is 0.456. The Morgan fingerprint density at radius 2 is 1.91 bits per heavy atom. The Kier molecular flexibility index (Phi) is 15.1. The molecule has 0 unspecified atom stereocenters. The first-order valence-electron chi connectivity index (χ1n) is 2.37. The molecule has 0 spiro atoms. The Morgan fingerprint density at radius 3 is 2.18 bits per heavy atom. The maximum absolute atomic E-state index is 3.92. The zero-order valence-electron chi connectivity index (χ0n) is 6.02. The van der Waals surface area contributed by atoms with Crippen LogP contribution in [0.4, 0.5) is 0 Å². The minimum absolute atomic E-state index is 0. The van der Waals surface area contributed by atoms with Gasteiger partial charge in [-0.3, -0.25) is 4.98 Å². The van der Waals surface area contributed by atoms with Gasteiger partial charge in [0.1, 0.15) is 0 Å². The van der Waals surface area contributed by atoms with Gasteiger partial charge in [-0.1, -0.05) is 15.9 Å². The van der Waals surface area contributed by atoms with Gasteiger partial charge in [0.25, 0.3) is 0 Å². The van der Waals surface area contributed by atoms with E-state index in [0.29, 0.717) is 0 Å². The van der Waals surface area contributed by atoms with E-state index >= 15 is 0 Å². The number of hydrogen-bond donors (Lipinski definition) is 0. The van der Waals surface area contributed by atoms with Gasteiger partial charge in [0.05, 0.1) is 0 Å². The van der Waals surface area contributed by atoms with Gasteiger partial charge < -0.3 is 24.8 Å². The van der Waals surface area contributed by atoms with Gasteiger partial charge >= 0.3 is 27.7 Å². The molecule has 1 aromatic heterocycles.